The van der Waals surface area contributed by atoms with Crippen molar-refractivity contribution in [3.63, 3.8) is 0 Å². The Labute approximate surface area is 171 Å². The summed E-state index contributed by atoms with van der Waals surface area (Å²) in [5, 5.41) is 3.24. The molecule has 0 unspecified atom stereocenters. The largest absolute Gasteiger partial charge is 0.496 e. The van der Waals surface area contributed by atoms with Crippen LogP contribution in [0.25, 0.3) is 0 Å². The molecule has 0 saturated heterocycles. The van der Waals surface area contributed by atoms with E-state index in [9.17, 15) is 4.39 Å². The number of rotatable bonds is 6. The van der Waals surface area contributed by atoms with Gasteiger partial charge < -0.3 is 19.7 Å². The number of ether oxygens (including phenoxy) is 2. The van der Waals surface area contributed by atoms with Crippen LogP contribution in [0.4, 0.5) is 4.39 Å². The summed E-state index contributed by atoms with van der Waals surface area (Å²) >= 11 is 0. The van der Waals surface area contributed by atoms with Crippen molar-refractivity contribution < 1.29 is 13.9 Å². The summed E-state index contributed by atoms with van der Waals surface area (Å²) in [4.78, 5) is 6.27. The van der Waals surface area contributed by atoms with Crippen LogP contribution in [0.2, 0.25) is 0 Å². The molecule has 5 nitrogen and oxygen atoms in total. The lowest BCUT2D eigenvalue weighted by Crippen LogP contribution is -2.38. The normalized spacial score (nSPS) is 10.7. The lowest BCUT2D eigenvalue weighted by molar-refractivity contribution is 0.386. The average molecular weight is 473 g/mol. The molecule has 1 N–H and O–H groups in total. The smallest absolute Gasteiger partial charge is 0.193 e. The van der Waals surface area contributed by atoms with E-state index < -0.39 is 0 Å². The molecule has 0 aromatic heterocycles. The highest BCUT2D eigenvalue weighted by atomic mass is 127. The Morgan fingerprint density at radius 2 is 1.81 bits per heavy atom. The van der Waals surface area contributed by atoms with Crippen molar-refractivity contribution in [3.05, 3.63) is 59.4 Å². The van der Waals surface area contributed by atoms with Crippen LogP contribution in [0.1, 0.15) is 11.1 Å². The highest BCUT2D eigenvalue weighted by molar-refractivity contribution is 14.0. The fourth-order valence-electron chi connectivity index (χ4n) is 2.55. The van der Waals surface area contributed by atoms with Crippen molar-refractivity contribution >= 4 is 29.9 Å². The maximum Gasteiger partial charge on any atom is 0.193 e. The van der Waals surface area contributed by atoms with E-state index in [1.54, 1.807) is 20.2 Å². The molecule has 2 aromatic carbocycles. The number of aliphatic imine (C=N–C) groups is 1. The summed E-state index contributed by atoms with van der Waals surface area (Å²) in [5.74, 6) is 1.41. The van der Waals surface area contributed by atoms with Crippen molar-refractivity contribution in [2.75, 3.05) is 28.3 Å². The first-order chi connectivity index (χ1) is 12.1. The van der Waals surface area contributed by atoms with Gasteiger partial charge in [-0.2, -0.15) is 0 Å². The van der Waals surface area contributed by atoms with E-state index in [0.717, 1.165) is 16.9 Å². The van der Waals surface area contributed by atoms with Crippen molar-refractivity contribution in [1.29, 1.82) is 0 Å². The van der Waals surface area contributed by atoms with E-state index in [2.05, 4.69) is 10.3 Å². The zero-order valence-corrected chi connectivity index (χ0v) is 17.8. The lowest BCUT2D eigenvalue weighted by atomic mass is 10.2. The van der Waals surface area contributed by atoms with Crippen LogP contribution >= 0.6 is 24.0 Å². The predicted molar refractivity (Wildman–Crippen MR) is 113 cm³/mol. The van der Waals surface area contributed by atoms with Crippen LogP contribution in [0, 0.1) is 5.82 Å². The molecule has 2 aromatic rings. The predicted octanol–water partition coefficient (Wildman–Crippen LogP) is 3.67. The molecule has 7 heteroatoms. The van der Waals surface area contributed by atoms with Crippen LogP contribution in [-0.2, 0) is 13.1 Å². The van der Waals surface area contributed by atoms with Gasteiger partial charge in [0.05, 0.1) is 14.2 Å². The first kappa shape index (κ1) is 22.0. The third kappa shape index (κ3) is 5.76. The number of methoxy groups -OCH3 is 2. The van der Waals surface area contributed by atoms with Gasteiger partial charge in [0.2, 0.25) is 0 Å². The number of hydrogen-bond donors (Lipinski definition) is 1. The number of nitrogens with zero attached hydrogens (tertiary/aromatic N) is 2. The van der Waals surface area contributed by atoms with Crippen LogP contribution in [0.15, 0.2) is 47.5 Å². The van der Waals surface area contributed by atoms with Crippen molar-refractivity contribution in [2.45, 2.75) is 13.1 Å². The number of guanidine groups is 1. The molecule has 0 atom stereocenters. The van der Waals surface area contributed by atoms with Gasteiger partial charge >= 0.3 is 0 Å². The average Bonchev–Trinajstić information content (AvgIpc) is 2.63. The molecular formula is C19H25FIN3O2. The summed E-state index contributed by atoms with van der Waals surface area (Å²) in [7, 11) is 6.77. The Kier molecular flexibility index (Phi) is 9.18. The van der Waals surface area contributed by atoms with E-state index in [1.165, 1.54) is 13.2 Å². The van der Waals surface area contributed by atoms with Gasteiger partial charge in [-0.15, -0.1) is 24.0 Å². The van der Waals surface area contributed by atoms with Crippen LogP contribution in [0.5, 0.6) is 11.5 Å². The molecule has 0 bridgehead atoms. The number of para-hydroxylation sites is 1. The van der Waals surface area contributed by atoms with Gasteiger partial charge in [-0.3, -0.25) is 4.99 Å². The van der Waals surface area contributed by atoms with E-state index in [-0.39, 0.29) is 35.5 Å². The molecule has 0 radical (unpaired) electrons. The lowest BCUT2D eigenvalue weighted by Gasteiger charge is -2.23. The Morgan fingerprint density at radius 1 is 1.12 bits per heavy atom. The van der Waals surface area contributed by atoms with E-state index >= 15 is 0 Å². The third-order valence-corrected chi connectivity index (χ3v) is 3.84. The Balaban J connectivity index is 0.00000338. The molecular weight excluding hydrogens is 448 g/mol. The molecule has 0 fully saturated rings. The maximum absolute atomic E-state index is 13.8. The summed E-state index contributed by atoms with van der Waals surface area (Å²) < 4.78 is 24.1. The summed E-state index contributed by atoms with van der Waals surface area (Å²) in [6.07, 6.45) is 0. The highest BCUT2D eigenvalue weighted by Crippen LogP contribution is 2.19. The van der Waals surface area contributed by atoms with Crippen molar-refractivity contribution in [1.82, 2.24) is 10.2 Å². The quantitative estimate of drug-likeness (QED) is 0.395. The maximum atomic E-state index is 13.8. The fraction of sp³-hybridized carbons (Fsp3) is 0.316. The third-order valence-electron chi connectivity index (χ3n) is 3.84. The van der Waals surface area contributed by atoms with Crippen LogP contribution in [0.3, 0.4) is 0 Å². The zero-order valence-electron chi connectivity index (χ0n) is 15.5. The minimum atomic E-state index is -0.376. The minimum absolute atomic E-state index is 0. The second-order valence-corrected chi connectivity index (χ2v) is 5.54. The minimum Gasteiger partial charge on any atom is -0.496 e. The summed E-state index contributed by atoms with van der Waals surface area (Å²) in [5.41, 5.74) is 1.87. The monoisotopic (exact) mass is 473 g/mol. The summed E-state index contributed by atoms with van der Waals surface area (Å²) in [6.45, 7) is 1.10. The number of benzene rings is 2. The van der Waals surface area contributed by atoms with Gasteiger partial charge in [0.15, 0.2) is 17.5 Å². The summed E-state index contributed by atoms with van der Waals surface area (Å²) in [6, 6.07) is 12.8. The molecule has 0 aliphatic heterocycles. The first-order valence-electron chi connectivity index (χ1n) is 7.95. The first-order valence-corrected chi connectivity index (χ1v) is 7.95. The van der Waals surface area contributed by atoms with E-state index in [0.29, 0.717) is 19.0 Å². The van der Waals surface area contributed by atoms with Crippen LogP contribution in [-0.4, -0.2) is 39.2 Å². The van der Waals surface area contributed by atoms with Gasteiger partial charge in [0.25, 0.3) is 0 Å². The van der Waals surface area contributed by atoms with Gasteiger partial charge in [-0.05, 0) is 23.8 Å². The second-order valence-electron chi connectivity index (χ2n) is 5.54. The van der Waals surface area contributed by atoms with Gasteiger partial charge in [0, 0.05) is 32.7 Å². The molecule has 2 rings (SSSR count). The van der Waals surface area contributed by atoms with Crippen molar-refractivity contribution in [3.8, 4) is 11.5 Å². The molecule has 0 saturated carbocycles. The molecule has 0 heterocycles. The Bertz CT molecular complexity index is 740. The highest BCUT2D eigenvalue weighted by Gasteiger charge is 2.10. The molecule has 0 spiro atoms. The number of hydrogen-bond acceptors (Lipinski definition) is 3. The van der Waals surface area contributed by atoms with Gasteiger partial charge in [-0.25, -0.2) is 4.39 Å². The molecule has 0 aliphatic rings. The van der Waals surface area contributed by atoms with Gasteiger partial charge in [0.1, 0.15) is 5.75 Å². The zero-order chi connectivity index (χ0) is 18.2. The second kappa shape index (κ2) is 10.8. The molecule has 0 amide bonds. The number of nitrogens with one attached hydrogen (secondary N) is 1. The van der Waals surface area contributed by atoms with E-state index in [4.69, 9.17) is 9.47 Å². The topological polar surface area (TPSA) is 46.1 Å². The standard InChI is InChI=1S/C19H24FN3O2.HI/c1-21-19(22-12-14-9-10-18(25-4)16(20)11-14)23(2)13-15-7-5-6-8-17(15)24-3;/h5-11H,12-13H2,1-4H3,(H,21,22);1H. The SMILES string of the molecule is CN=C(NCc1ccc(OC)c(F)c1)N(C)Cc1ccccc1OC.I. The molecule has 26 heavy (non-hydrogen) atoms. The fourth-order valence-corrected chi connectivity index (χ4v) is 2.55. The van der Waals surface area contributed by atoms with E-state index in [1.807, 2.05) is 42.3 Å². The van der Waals surface area contributed by atoms with Crippen LogP contribution < -0.4 is 14.8 Å². The van der Waals surface area contributed by atoms with Gasteiger partial charge in [-0.1, -0.05) is 24.3 Å². The molecule has 142 valence electrons. The Hall–Kier alpha value is -2.03. The Morgan fingerprint density at radius 3 is 2.42 bits per heavy atom. The van der Waals surface area contributed by atoms with Crippen molar-refractivity contribution in [2.24, 2.45) is 4.99 Å². The molecule has 0 aliphatic carbocycles. The number of halogens is 2.